The molecule has 0 fully saturated rings. The molecule has 0 saturated carbocycles. The van der Waals surface area contributed by atoms with Crippen LogP contribution in [0.1, 0.15) is 24.2 Å². The summed E-state index contributed by atoms with van der Waals surface area (Å²) < 4.78 is 4.74. The van der Waals surface area contributed by atoms with Crippen molar-refractivity contribution in [2.75, 3.05) is 6.61 Å². The minimum atomic E-state index is -0.831. The molecule has 0 aliphatic heterocycles. The molecule has 2 amide bonds. The zero-order valence-corrected chi connectivity index (χ0v) is 11.5. The number of benzene rings is 1. The second kappa shape index (κ2) is 7.28. The van der Waals surface area contributed by atoms with Crippen LogP contribution in [0, 0.1) is 5.92 Å². The van der Waals surface area contributed by atoms with E-state index >= 15 is 0 Å². The Kier molecular flexibility index (Phi) is 5.71. The molecule has 0 spiro atoms. The van der Waals surface area contributed by atoms with Crippen molar-refractivity contribution in [1.82, 2.24) is 5.32 Å². The number of hydrogen-bond acceptors (Lipinski definition) is 4. The molecule has 20 heavy (non-hydrogen) atoms. The Bertz CT molecular complexity index is 485. The normalized spacial score (nSPS) is 11.8. The van der Waals surface area contributed by atoms with E-state index in [1.807, 2.05) is 0 Å². The van der Waals surface area contributed by atoms with Gasteiger partial charge in [0.1, 0.15) is 6.04 Å². The molecule has 0 aliphatic rings. The van der Waals surface area contributed by atoms with E-state index in [0.717, 1.165) is 0 Å². The zero-order chi connectivity index (χ0) is 15.1. The average Bonchev–Trinajstić information content (AvgIpc) is 2.42. The molecule has 6 nitrogen and oxygen atoms in total. The number of nitrogens with two attached hydrogens (primary N) is 1. The fourth-order valence-electron chi connectivity index (χ4n) is 1.54. The van der Waals surface area contributed by atoms with Gasteiger partial charge >= 0.3 is 5.97 Å². The number of rotatable bonds is 6. The summed E-state index contributed by atoms with van der Waals surface area (Å²) in [6.45, 7) is 3.03. The van der Waals surface area contributed by atoms with Crippen LogP contribution in [0.4, 0.5) is 0 Å². The minimum absolute atomic E-state index is 0.178. The summed E-state index contributed by atoms with van der Waals surface area (Å²) in [4.78, 5) is 34.4. The molecular formula is C14H18N2O4. The smallest absolute Gasteiger partial charge is 0.329 e. The van der Waals surface area contributed by atoms with Crippen molar-refractivity contribution in [2.24, 2.45) is 11.7 Å². The molecule has 0 bridgehead atoms. The van der Waals surface area contributed by atoms with E-state index in [2.05, 4.69) is 5.32 Å². The van der Waals surface area contributed by atoms with Crippen LogP contribution in [0.3, 0.4) is 0 Å². The minimum Gasteiger partial charge on any atom is -0.454 e. The van der Waals surface area contributed by atoms with Gasteiger partial charge in [-0.1, -0.05) is 32.0 Å². The van der Waals surface area contributed by atoms with Gasteiger partial charge in [-0.15, -0.1) is 0 Å². The Morgan fingerprint density at radius 1 is 1.20 bits per heavy atom. The first-order valence-corrected chi connectivity index (χ1v) is 6.22. The molecule has 0 radical (unpaired) electrons. The van der Waals surface area contributed by atoms with Crippen LogP contribution >= 0.6 is 0 Å². The summed E-state index contributed by atoms with van der Waals surface area (Å²) >= 11 is 0. The van der Waals surface area contributed by atoms with E-state index in [4.69, 9.17) is 10.5 Å². The van der Waals surface area contributed by atoms with Gasteiger partial charge in [-0.3, -0.25) is 9.59 Å². The summed E-state index contributed by atoms with van der Waals surface area (Å²) in [5, 5.41) is 2.59. The Morgan fingerprint density at radius 3 is 2.30 bits per heavy atom. The van der Waals surface area contributed by atoms with Crippen molar-refractivity contribution in [3.05, 3.63) is 35.9 Å². The van der Waals surface area contributed by atoms with Crippen LogP contribution in [-0.4, -0.2) is 30.4 Å². The van der Waals surface area contributed by atoms with Crippen LogP contribution in [0.25, 0.3) is 0 Å². The van der Waals surface area contributed by atoms with Crippen molar-refractivity contribution in [3.8, 4) is 0 Å². The highest BCUT2D eigenvalue weighted by Crippen LogP contribution is 2.06. The van der Waals surface area contributed by atoms with Crippen LogP contribution in [-0.2, 0) is 14.3 Å². The molecule has 0 aromatic heterocycles. The monoisotopic (exact) mass is 278 g/mol. The van der Waals surface area contributed by atoms with E-state index in [9.17, 15) is 14.4 Å². The number of amides is 2. The number of carbonyl (C=O) groups is 3. The summed E-state index contributed by atoms with van der Waals surface area (Å²) in [5.41, 5.74) is 5.35. The fourth-order valence-corrected chi connectivity index (χ4v) is 1.54. The van der Waals surface area contributed by atoms with Crippen molar-refractivity contribution < 1.29 is 19.1 Å². The van der Waals surface area contributed by atoms with Gasteiger partial charge in [-0.2, -0.15) is 0 Å². The predicted octanol–water partition coefficient (Wildman–Crippen LogP) is 0.469. The summed E-state index contributed by atoms with van der Waals surface area (Å²) in [6.07, 6.45) is 0. The van der Waals surface area contributed by atoms with E-state index in [-0.39, 0.29) is 11.8 Å². The van der Waals surface area contributed by atoms with E-state index in [1.54, 1.807) is 44.2 Å². The summed E-state index contributed by atoms with van der Waals surface area (Å²) in [7, 11) is 0. The Hall–Kier alpha value is -2.37. The molecule has 1 aromatic rings. The Labute approximate surface area is 117 Å². The summed E-state index contributed by atoms with van der Waals surface area (Å²) in [5.74, 6) is -1.97. The molecular weight excluding hydrogens is 260 g/mol. The molecule has 0 unspecified atom stereocenters. The van der Waals surface area contributed by atoms with Gasteiger partial charge in [0.2, 0.25) is 0 Å². The van der Waals surface area contributed by atoms with Gasteiger partial charge in [0.25, 0.3) is 11.8 Å². The summed E-state index contributed by atoms with van der Waals surface area (Å²) in [6, 6.07) is 7.69. The van der Waals surface area contributed by atoms with Crippen molar-refractivity contribution in [1.29, 1.82) is 0 Å². The Balaban J connectivity index is 2.70. The second-order valence-corrected chi connectivity index (χ2v) is 4.64. The predicted molar refractivity (Wildman–Crippen MR) is 72.7 cm³/mol. The topological polar surface area (TPSA) is 98.5 Å². The lowest BCUT2D eigenvalue weighted by molar-refractivity contribution is -0.150. The number of esters is 1. The van der Waals surface area contributed by atoms with Crippen molar-refractivity contribution >= 4 is 17.8 Å². The first kappa shape index (κ1) is 15.7. The van der Waals surface area contributed by atoms with E-state index in [0.29, 0.717) is 5.56 Å². The molecule has 0 aliphatic carbocycles. The zero-order valence-electron chi connectivity index (χ0n) is 11.5. The van der Waals surface area contributed by atoms with Gasteiger partial charge in [0.05, 0.1) is 0 Å². The molecule has 108 valence electrons. The standard InChI is InChI=1S/C14H18N2O4/c1-9(2)12(14(19)20-8-11(15)17)16-13(18)10-6-4-3-5-7-10/h3-7,9,12H,8H2,1-2H3,(H2,15,17)(H,16,18)/t12-/m1/s1. The first-order valence-electron chi connectivity index (χ1n) is 6.22. The molecule has 1 rings (SSSR count). The maximum absolute atomic E-state index is 12.0. The number of primary amides is 1. The van der Waals surface area contributed by atoms with Gasteiger partial charge in [-0.25, -0.2) is 4.79 Å². The third kappa shape index (κ3) is 4.72. The molecule has 1 aromatic carbocycles. The van der Waals surface area contributed by atoms with Crippen LogP contribution in [0.5, 0.6) is 0 Å². The lowest BCUT2D eigenvalue weighted by Crippen LogP contribution is -2.46. The van der Waals surface area contributed by atoms with Crippen LogP contribution in [0.2, 0.25) is 0 Å². The molecule has 6 heteroatoms. The lowest BCUT2D eigenvalue weighted by Gasteiger charge is -2.20. The third-order valence-electron chi connectivity index (χ3n) is 2.60. The van der Waals surface area contributed by atoms with Crippen LogP contribution < -0.4 is 11.1 Å². The Morgan fingerprint density at radius 2 is 1.80 bits per heavy atom. The van der Waals surface area contributed by atoms with Gasteiger partial charge in [0.15, 0.2) is 6.61 Å². The lowest BCUT2D eigenvalue weighted by atomic mass is 10.0. The number of nitrogens with one attached hydrogen (secondary N) is 1. The van der Waals surface area contributed by atoms with Gasteiger partial charge in [0, 0.05) is 5.56 Å². The average molecular weight is 278 g/mol. The second-order valence-electron chi connectivity index (χ2n) is 4.64. The van der Waals surface area contributed by atoms with Crippen LogP contribution in [0.15, 0.2) is 30.3 Å². The maximum Gasteiger partial charge on any atom is 0.329 e. The first-order chi connectivity index (χ1) is 9.41. The third-order valence-corrected chi connectivity index (χ3v) is 2.60. The highest BCUT2D eigenvalue weighted by atomic mass is 16.5. The van der Waals surface area contributed by atoms with E-state index < -0.39 is 24.5 Å². The molecule has 0 saturated heterocycles. The molecule has 3 N–H and O–H groups in total. The van der Waals surface area contributed by atoms with Gasteiger partial charge < -0.3 is 15.8 Å². The van der Waals surface area contributed by atoms with E-state index in [1.165, 1.54) is 0 Å². The van der Waals surface area contributed by atoms with Gasteiger partial charge in [-0.05, 0) is 18.1 Å². The number of carbonyl (C=O) groups excluding carboxylic acids is 3. The quantitative estimate of drug-likeness (QED) is 0.739. The van der Waals surface area contributed by atoms with Crippen molar-refractivity contribution in [3.63, 3.8) is 0 Å². The highest BCUT2D eigenvalue weighted by molar-refractivity contribution is 5.97. The van der Waals surface area contributed by atoms with Crippen molar-refractivity contribution in [2.45, 2.75) is 19.9 Å². The maximum atomic E-state index is 12.0. The molecule has 1 atom stereocenters. The largest absolute Gasteiger partial charge is 0.454 e. The molecule has 0 heterocycles. The number of ether oxygens (including phenoxy) is 1. The SMILES string of the molecule is CC(C)[C@@H](NC(=O)c1ccccc1)C(=O)OCC(N)=O. The number of hydrogen-bond donors (Lipinski definition) is 2. The fraction of sp³-hybridized carbons (Fsp3) is 0.357. The highest BCUT2D eigenvalue weighted by Gasteiger charge is 2.26.